The first kappa shape index (κ1) is 26.2. The highest BCUT2D eigenvalue weighted by Crippen LogP contribution is 2.25. The van der Waals surface area contributed by atoms with Gasteiger partial charge in [-0.3, -0.25) is 4.79 Å². The molecule has 4 heterocycles. The van der Waals surface area contributed by atoms with E-state index in [1.165, 1.54) is 12.1 Å². The van der Waals surface area contributed by atoms with Crippen molar-refractivity contribution in [3.8, 4) is 0 Å². The van der Waals surface area contributed by atoms with Crippen LogP contribution in [0.2, 0.25) is 5.02 Å². The maximum absolute atomic E-state index is 14.4. The monoisotopic (exact) mass is 542 g/mol. The van der Waals surface area contributed by atoms with Crippen LogP contribution in [0.15, 0.2) is 34.9 Å². The molecule has 1 aromatic carbocycles. The Hall–Kier alpha value is -3.44. The number of likely N-dealkylation sites (tertiary alicyclic amines) is 1. The number of halogens is 2. The smallest absolute Gasteiger partial charge is 0.256 e. The molecule has 2 aliphatic rings. The predicted octanol–water partition coefficient (Wildman–Crippen LogP) is 4.17. The zero-order valence-electron chi connectivity index (χ0n) is 21.6. The van der Waals surface area contributed by atoms with Crippen LogP contribution in [0, 0.1) is 12.7 Å². The number of piperidine rings is 1. The fraction of sp³-hybridized carbons (Fsp3) is 0.462. The molecule has 0 saturated carbocycles. The molecule has 0 radical (unpaired) electrons. The van der Waals surface area contributed by atoms with Gasteiger partial charge in [0.05, 0.1) is 10.6 Å². The summed E-state index contributed by atoms with van der Waals surface area (Å²) < 4.78 is 19.6. The zero-order chi connectivity index (χ0) is 26.6. The summed E-state index contributed by atoms with van der Waals surface area (Å²) in [5.74, 6) is 2.23. The molecule has 5 rings (SSSR count). The highest BCUT2D eigenvalue weighted by Gasteiger charge is 2.27. The van der Waals surface area contributed by atoms with E-state index in [2.05, 4.69) is 37.5 Å². The normalized spacial score (nSPS) is 17.1. The summed E-state index contributed by atoms with van der Waals surface area (Å²) >= 11 is 5.87. The minimum Gasteiger partial charge on any atom is -0.360 e. The topological polar surface area (TPSA) is 103 Å². The Morgan fingerprint density at radius 2 is 1.87 bits per heavy atom. The maximum Gasteiger partial charge on any atom is 0.256 e. The van der Waals surface area contributed by atoms with Gasteiger partial charge in [-0.05, 0) is 38.4 Å². The Morgan fingerprint density at radius 1 is 1.11 bits per heavy atom. The van der Waals surface area contributed by atoms with Crippen LogP contribution < -0.4 is 15.5 Å². The Labute approximate surface area is 226 Å². The van der Waals surface area contributed by atoms with Crippen molar-refractivity contribution < 1.29 is 13.7 Å². The first-order valence-corrected chi connectivity index (χ1v) is 13.3. The average Bonchev–Trinajstić information content (AvgIpc) is 3.34. The fourth-order valence-electron chi connectivity index (χ4n) is 4.82. The maximum atomic E-state index is 14.4. The van der Waals surface area contributed by atoms with Crippen LogP contribution in [0.4, 0.5) is 27.8 Å². The van der Waals surface area contributed by atoms with Gasteiger partial charge in [-0.1, -0.05) is 29.7 Å². The van der Waals surface area contributed by atoms with Crippen LogP contribution in [0.5, 0.6) is 0 Å². The molecule has 202 valence electrons. The quantitative estimate of drug-likeness (QED) is 0.455. The molecule has 2 aliphatic heterocycles. The van der Waals surface area contributed by atoms with E-state index in [0.29, 0.717) is 49.3 Å². The van der Waals surface area contributed by atoms with E-state index < -0.39 is 5.82 Å². The number of carbonyl (C=O) groups is 1. The van der Waals surface area contributed by atoms with Crippen LogP contribution in [0.3, 0.4) is 0 Å². The molecule has 0 atom stereocenters. The van der Waals surface area contributed by atoms with E-state index in [-0.39, 0.29) is 22.5 Å². The third-order valence-corrected chi connectivity index (χ3v) is 7.33. The molecule has 10 nitrogen and oxygen atoms in total. The third kappa shape index (κ3) is 5.99. The summed E-state index contributed by atoms with van der Waals surface area (Å²) in [6.45, 7) is 9.75. The number of amides is 1. The van der Waals surface area contributed by atoms with Crippen molar-refractivity contribution in [3.05, 3.63) is 52.5 Å². The molecule has 3 aromatic rings. The first-order chi connectivity index (χ1) is 18.4. The average molecular weight is 543 g/mol. The van der Waals surface area contributed by atoms with Gasteiger partial charge in [0, 0.05) is 57.4 Å². The van der Waals surface area contributed by atoms with Crippen molar-refractivity contribution in [2.75, 3.05) is 61.3 Å². The summed E-state index contributed by atoms with van der Waals surface area (Å²) in [6.07, 6.45) is 1.36. The number of hydrogen-bond acceptors (Lipinski definition) is 9. The first-order valence-electron chi connectivity index (χ1n) is 13.0. The molecule has 0 bridgehead atoms. The number of nitrogens with one attached hydrogen (secondary N) is 2. The van der Waals surface area contributed by atoms with E-state index in [9.17, 15) is 9.18 Å². The van der Waals surface area contributed by atoms with Crippen LogP contribution in [-0.4, -0.2) is 82.7 Å². The van der Waals surface area contributed by atoms with Gasteiger partial charge in [0.15, 0.2) is 11.6 Å². The lowest BCUT2D eigenvalue weighted by molar-refractivity contribution is 0.0713. The number of aryl methyl sites for hydroxylation is 1. The number of carbonyl (C=O) groups excluding carboxylic acids is 1. The lowest BCUT2D eigenvalue weighted by Crippen LogP contribution is -2.46. The number of anilines is 4. The van der Waals surface area contributed by atoms with E-state index in [4.69, 9.17) is 21.1 Å². The molecule has 2 fully saturated rings. The van der Waals surface area contributed by atoms with Crippen molar-refractivity contribution in [2.45, 2.75) is 32.7 Å². The van der Waals surface area contributed by atoms with E-state index in [1.54, 1.807) is 11.0 Å². The molecule has 2 N–H and O–H groups in total. The van der Waals surface area contributed by atoms with Crippen LogP contribution in [0.25, 0.3) is 0 Å². The van der Waals surface area contributed by atoms with E-state index >= 15 is 0 Å². The van der Waals surface area contributed by atoms with Crippen molar-refractivity contribution in [1.82, 2.24) is 24.9 Å². The van der Waals surface area contributed by atoms with Gasteiger partial charge in [0.1, 0.15) is 17.4 Å². The Morgan fingerprint density at radius 3 is 2.55 bits per heavy atom. The second kappa shape index (κ2) is 11.5. The van der Waals surface area contributed by atoms with Crippen molar-refractivity contribution in [2.24, 2.45) is 0 Å². The largest absolute Gasteiger partial charge is 0.360 e. The minimum atomic E-state index is -0.674. The highest BCUT2D eigenvalue weighted by atomic mass is 35.5. The third-order valence-electron chi connectivity index (χ3n) is 7.04. The summed E-state index contributed by atoms with van der Waals surface area (Å²) in [5, 5.41) is 10.6. The number of benzene rings is 1. The number of piperazine rings is 1. The number of hydrogen-bond donors (Lipinski definition) is 2. The molecule has 38 heavy (non-hydrogen) atoms. The predicted molar refractivity (Wildman–Crippen MR) is 145 cm³/mol. The molecule has 0 aliphatic carbocycles. The SMILES string of the molecule is CCN1CCN(c2cc(Nc3cc(C)on3)nc(NC3CCN(C(=O)c4cccc(Cl)c4F)CC3)n2)CC1. The Kier molecular flexibility index (Phi) is 7.94. The Balaban J connectivity index is 1.28. The van der Waals surface area contributed by atoms with E-state index in [0.717, 1.165) is 38.5 Å². The van der Waals surface area contributed by atoms with Gasteiger partial charge in [-0.2, -0.15) is 9.97 Å². The van der Waals surface area contributed by atoms with Crippen LogP contribution in [-0.2, 0) is 0 Å². The number of likely N-dealkylation sites (N-methyl/N-ethyl adjacent to an activating group) is 1. The van der Waals surface area contributed by atoms with Gasteiger partial charge < -0.3 is 29.9 Å². The number of nitrogens with zero attached hydrogens (tertiary/aromatic N) is 6. The highest BCUT2D eigenvalue weighted by molar-refractivity contribution is 6.31. The fourth-order valence-corrected chi connectivity index (χ4v) is 5.00. The van der Waals surface area contributed by atoms with Crippen molar-refractivity contribution >= 4 is 40.9 Å². The zero-order valence-corrected chi connectivity index (χ0v) is 22.3. The lowest BCUT2D eigenvalue weighted by Gasteiger charge is -2.35. The second-order valence-electron chi connectivity index (χ2n) is 9.62. The summed E-state index contributed by atoms with van der Waals surface area (Å²) in [5.41, 5.74) is 0.00178. The molecule has 1 amide bonds. The van der Waals surface area contributed by atoms with Gasteiger partial charge in [-0.15, -0.1) is 0 Å². The summed E-state index contributed by atoms with van der Waals surface area (Å²) in [7, 11) is 0. The molecular formula is C26H32ClFN8O2. The molecular weight excluding hydrogens is 511 g/mol. The van der Waals surface area contributed by atoms with Gasteiger partial charge >= 0.3 is 0 Å². The summed E-state index contributed by atoms with van der Waals surface area (Å²) in [6, 6.07) is 8.30. The second-order valence-corrected chi connectivity index (χ2v) is 10.0. The number of aromatic nitrogens is 3. The number of rotatable bonds is 7. The Bertz CT molecular complexity index is 1270. The van der Waals surface area contributed by atoms with E-state index in [1.807, 2.05) is 19.1 Å². The van der Waals surface area contributed by atoms with Crippen molar-refractivity contribution in [3.63, 3.8) is 0 Å². The molecule has 2 aromatic heterocycles. The van der Waals surface area contributed by atoms with Gasteiger partial charge in [0.2, 0.25) is 5.95 Å². The van der Waals surface area contributed by atoms with Crippen molar-refractivity contribution in [1.29, 1.82) is 0 Å². The standard InChI is InChI=1S/C26H32ClFN8O2/c1-3-34-11-13-35(14-12-34)23-16-21(30-22-15-17(2)38-33-22)31-26(32-23)29-18-7-9-36(10-8-18)25(37)19-5-4-6-20(27)24(19)28/h4-6,15-16,18H,3,7-14H2,1-2H3,(H2,29,30,31,32,33). The molecule has 0 spiro atoms. The lowest BCUT2D eigenvalue weighted by atomic mass is 10.0. The molecule has 12 heteroatoms. The van der Waals surface area contributed by atoms with Crippen LogP contribution in [0.1, 0.15) is 35.9 Å². The molecule has 2 saturated heterocycles. The van der Waals surface area contributed by atoms with Gasteiger partial charge in [-0.25, -0.2) is 4.39 Å². The molecule has 0 unspecified atom stereocenters. The van der Waals surface area contributed by atoms with Crippen LogP contribution >= 0.6 is 11.6 Å². The van der Waals surface area contributed by atoms with Gasteiger partial charge in [0.25, 0.3) is 5.91 Å². The minimum absolute atomic E-state index is 0.00178. The summed E-state index contributed by atoms with van der Waals surface area (Å²) in [4.78, 5) is 28.7.